The minimum Gasteiger partial charge on any atom is -0.394 e. The second-order valence-corrected chi connectivity index (χ2v) is 6.76. The second-order valence-electron chi connectivity index (χ2n) is 6.76. The fraction of sp³-hybridized carbons (Fsp3) is 0.786. The van der Waals surface area contributed by atoms with Crippen LogP contribution in [-0.4, -0.2) is 38.6 Å². The van der Waals surface area contributed by atoms with E-state index >= 15 is 0 Å². The maximum absolute atomic E-state index is 11.9. The Kier molecular flexibility index (Phi) is 4.82. The molecule has 21 heavy (non-hydrogen) atoms. The average Bonchev–Trinajstić information content (AvgIpc) is 2.97. The normalized spacial score (nSPS) is 15.6. The van der Waals surface area contributed by atoms with Gasteiger partial charge in [-0.05, 0) is 18.3 Å². The highest BCUT2D eigenvalue weighted by molar-refractivity contribution is 5.74. The van der Waals surface area contributed by atoms with Crippen LogP contribution in [0.4, 0.5) is 4.79 Å². The summed E-state index contributed by atoms with van der Waals surface area (Å²) in [5.74, 6) is 1.78. The molecule has 1 atom stereocenters. The van der Waals surface area contributed by atoms with E-state index in [4.69, 9.17) is 0 Å². The number of aryl methyl sites for hydroxylation is 1. The van der Waals surface area contributed by atoms with Gasteiger partial charge in [0.05, 0.1) is 19.2 Å². The maximum atomic E-state index is 11.9. The Balaban J connectivity index is 1.81. The first kappa shape index (κ1) is 15.8. The summed E-state index contributed by atoms with van der Waals surface area (Å²) < 4.78 is 2.05. The van der Waals surface area contributed by atoms with Crippen molar-refractivity contribution in [3.05, 3.63) is 11.6 Å². The zero-order valence-corrected chi connectivity index (χ0v) is 13.0. The van der Waals surface area contributed by atoms with E-state index in [-0.39, 0.29) is 24.1 Å². The summed E-state index contributed by atoms with van der Waals surface area (Å²) in [7, 11) is 0. The summed E-state index contributed by atoms with van der Waals surface area (Å²) in [5, 5.41) is 23.1. The van der Waals surface area contributed by atoms with Crippen molar-refractivity contribution in [3.8, 4) is 0 Å². The highest BCUT2D eigenvalue weighted by atomic mass is 16.3. The molecule has 2 rings (SSSR count). The predicted octanol–water partition coefficient (Wildman–Crippen LogP) is 0.821. The average molecular weight is 295 g/mol. The SMILES string of the molecule is CC(C)(C)CC(CO)NC(=O)NCc1nnc2n1CCC2. The van der Waals surface area contributed by atoms with Gasteiger partial charge in [0.15, 0.2) is 5.82 Å². The fourth-order valence-corrected chi connectivity index (χ4v) is 2.64. The lowest BCUT2D eigenvalue weighted by Crippen LogP contribution is -2.45. The smallest absolute Gasteiger partial charge is 0.315 e. The molecular weight excluding hydrogens is 270 g/mol. The molecule has 0 spiro atoms. The first-order valence-corrected chi connectivity index (χ1v) is 7.45. The van der Waals surface area contributed by atoms with Gasteiger partial charge in [0.2, 0.25) is 0 Å². The van der Waals surface area contributed by atoms with Crippen molar-refractivity contribution in [2.75, 3.05) is 6.61 Å². The van der Waals surface area contributed by atoms with Crippen LogP contribution in [0.1, 0.15) is 45.3 Å². The Bertz CT molecular complexity index is 492. The highest BCUT2D eigenvalue weighted by Gasteiger charge is 2.21. The molecule has 1 aromatic rings. The van der Waals surface area contributed by atoms with E-state index in [0.717, 1.165) is 37.5 Å². The number of carbonyl (C=O) groups excluding carboxylic acids is 1. The third-order valence-electron chi connectivity index (χ3n) is 3.51. The molecule has 0 bridgehead atoms. The van der Waals surface area contributed by atoms with E-state index in [2.05, 4.69) is 46.2 Å². The molecular formula is C14H25N5O2. The quantitative estimate of drug-likeness (QED) is 0.750. The van der Waals surface area contributed by atoms with E-state index in [1.807, 2.05) is 0 Å². The van der Waals surface area contributed by atoms with Gasteiger partial charge in [-0.15, -0.1) is 10.2 Å². The number of fused-ring (bicyclic) bond motifs is 1. The van der Waals surface area contributed by atoms with Gasteiger partial charge in [-0.25, -0.2) is 4.79 Å². The fourth-order valence-electron chi connectivity index (χ4n) is 2.64. The third-order valence-corrected chi connectivity index (χ3v) is 3.51. The number of nitrogens with zero attached hydrogens (tertiary/aromatic N) is 3. The van der Waals surface area contributed by atoms with Gasteiger partial charge in [-0.1, -0.05) is 20.8 Å². The number of hydrogen-bond acceptors (Lipinski definition) is 4. The molecule has 0 saturated heterocycles. The predicted molar refractivity (Wildman–Crippen MR) is 78.7 cm³/mol. The first-order valence-electron chi connectivity index (χ1n) is 7.45. The molecule has 3 N–H and O–H groups in total. The second kappa shape index (κ2) is 6.43. The van der Waals surface area contributed by atoms with Crippen molar-refractivity contribution in [3.63, 3.8) is 0 Å². The number of amides is 2. The number of hydrogen-bond donors (Lipinski definition) is 3. The Morgan fingerprint density at radius 3 is 2.86 bits per heavy atom. The Hall–Kier alpha value is -1.63. The number of carbonyl (C=O) groups is 1. The van der Waals surface area contributed by atoms with Crippen molar-refractivity contribution in [1.82, 2.24) is 25.4 Å². The van der Waals surface area contributed by atoms with Crippen LogP contribution in [-0.2, 0) is 19.5 Å². The number of urea groups is 1. The van der Waals surface area contributed by atoms with Crippen molar-refractivity contribution in [2.24, 2.45) is 5.41 Å². The van der Waals surface area contributed by atoms with Gasteiger partial charge in [-0.3, -0.25) is 0 Å². The first-order chi connectivity index (χ1) is 9.89. The van der Waals surface area contributed by atoms with E-state index in [1.165, 1.54) is 0 Å². The monoisotopic (exact) mass is 295 g/mol. The van der Waals surface area contributed by atoms with Gasteiger partial charge in [0.25, 0.3) is 0 Å². The molecule has 1 unspecified atom stereocenters. The Morgan fingerprint density at radius 2 is 2.19 bits per heavy atom. The summed E-state index contributed by atoms with van der Waals surface area (Å²) in [6, 6.07) is -0.525. The summed E-state index contributed by atoms with van der Waals surface area (Å²) in [4.78, 5) is 11.9. The van der Waals surface area contributed by atoms with E-state index in [1.54, 1.807) is 0 Å². The maximum Gasteiger partial charge on any atom is 0.315 e. The highest BCUT2D eigenvalue weighted by Crippen LogP contribution is 2.20. The molecule has 2 heterocycles. The summed E-state index contributed by atoms with van der Waals surface area (Å²) in [6.07, 6.45) is 2.76. The van der Waals surface area contributed by atoms with Crippen LogP contribution in [0.25, 0.3) is 0 Å². The number of nitrogens with one attached hydrogen (secondary N) is 2. The molecule has 1 aromatic heterocycles. The van der Waals surface area contributed by atoms with Crippen LogP contribution in [0, 0.1) is 5.41 Å². The van der Waals surface area contributed by atoms with Crippen molar-refractivity contribution < 1.29 is 9.90 Å². The van der Waals surface area contributed by atoms with Crippen molar-refractivity contribution in [1.29, 1.82) is 0 Å². The Labute approximate surface area is 125 Å². The van der Waals surface area contributed by atoms with Crippen LogP contribution in [0.15, 0.2) is 0 Å². The minimum absolute atomic E-state index is 0.0501. The minimum atomic E-state index is -0.284. The molecule has 0 aliphatic carbocycles. The van der Waals surface area contributed by atoms with Crippen LogP contribution < -0.4 is 10.6 Å². The number of rotatable bonds is 5. The third kappa shape index (κ3) is 4.42. The van der Waals surface area contributed by atoms with Crippen molar-refractivity contribution >= 4 is 6.03 Å². The molecule has 7 nitrogen and oxygen atoms in total. The van der Waals surface area contributed by atoms with E-state index in [9.17, 15) is 9.90 Å². The van der Waals surface area contributed by atoms with Gasteiger partial charge >= 0.3 is 6.03 Å². The van der Waals surface area contributed by atoms with Crippen molar-refractivity contribution in [2.45, 2.75) is 59.2 Å². The van der Waals surface area contributed by atoms with Crippen LogP contribution in [0.3, 0.4) is 0 Å². The standard InChI is InChI=1S/C14H25N5O2/c1-14(2,3)7-10(9-20)16-13(21)15-8-12-18-17-11-5-4-6-19(11)12/h10,20H,4-9H2,1-3H3,(H2,15,16,21). The zero-order valence-electron chi connectivity index (χ0n) is 13.0. The molecule has 7 heteroatoms. The van der Waals surface area contributed by atoms with Crippen LogP contribution >= 0.6 is 0 Å². The molecule has 0 fully saturated rings. The van der Waals surface area contributed by atoms with Gasteiger partial charge < -0.3 is 20.3 Å². The van der Waals surface area contributed by atoms with E-state index < -0.39 is 0 Å². The van der Waals surface area contributed by atoms with Crippen LogP contribution in [0.5, 0.6) is 0 Å². The summed E-state index contributed by atoms with van der Waals surface area (Å²) in [5.41, 5.74) is 0.0501. The number of aromatic nitrogens is 3. The Morgan fingerprint density at radius 1 is 1.43 bits per heavy atom. The van der Waals surface area contributed by atoms with Gasteiger partial charge in [-0.2, -0.15) is 0 Å². The lowest BCUT2D eigenvalue weighted by molar-refractivity contribution is 0.190. The molecule has 1 aliphatic rings. The topological polar surface area (TPSA) is 92.1 Å². The summed E-state index contributed by atoms with van der Waals surface area (Å²) >= 11 is 0. The molecule has 118 valence electrons. The zero-order chi connectivity index (χ0) is 15.5. The molecule has 0 radical (unpaired) electrons. The number of aliphatic hydroxyl groups excluding tert-OH is 1. The molecule has 0 saturated carbocycles. The molecule has 0 aromatic carbocycles. The molecule has 2 amide bonds. The molecule has 1 aliphatic heterocycles. The van der Waals surface area contributed by atoms with Gasteiger partial charge in [0.1, 0.15) is 5.82 Å². The lowest BCUT2D eigenvalue weighted by Gasteiger charge is -2.25. The largest absolute Gasteiger partial charge is 0.394 e. The van der Waals surface area contributed by atoms with Gasteiger partial charge in [0, 0.05) is 13.0 Å². The van der Waals surface area contributed by atoms with Crippen LogP contribution in [0.2, 0.25) is 0 Å². The number of aliphatic hydroxyl groups is 1. The summed E-state index contributed by atoms with van der Waals surface area (Å²) in [6.45, 7) is 7.44. The van der Waals surface area contributed by atoms with E-state index in [0.29, 0.717) is 6.54 Å². The lowest BCUT2D eigenvalue weighted by atomic mass is 9.88.